The van der Waals surface area contributed by atoms with Crippen molar-refractivity contribution in [3.8, 4) is 5.75 Å². The molecule has 1 aliphatic rings. The first-order valence-corrected chi connectivity index (χ1v) is 20.6. The summed E-state index contributed by atoms with van der Waals surface area (Å²) in [4.78, 5) is 12.5. The Morgan fingerprint density at radius 2 is 1.29 bits per heavy atom. The van der Waals surface area contributed by atoms with Gasteiger partial charge in [0.1, 0.15) is 36.3 Å². The van der Waals surface area contributed by atoms with E-state index in [-0.39, 0.29) is 26.4 Å². The van der Waals surface area contributed by atoms with Gasteiger partial charge in [0.2, 0.25) is 5.79 Å². The van der Waals surface area contributed by atoms with Gasteiger partial charge in [0.25, 0.3) is 0 Å². The molecule has 8 nitrogen and oxygen atoms in total. The Bertz CT molecular complexity index is 1970. The molecule has 5 aromatic rings. The van der Waals surface area contributed by atoms with Crippen LogP contribution in [0.5, 0.6) is 5.75 Å². The number of hydrogen-bond donors (Lipinski definition) is 0. The van der Waals surface area contributed by atoms with Gasteiger partial charge in [-0.2, -0.15) is 0 Å². The third-order valence-corrected chi connectivity index (χ3v) is 11.5. The highest BCUT2D eigenvalue weighted by atomic mass is 127. The van der Waals surface area contributed by atoms with Crippen molar-refractivity contribution in [1.82, 2.24) is 0 Å². The summed E-state index contributed by atoms with van der Waals surface area (Å²) in [7, 11) is 1.60. The molecule has 5 atom stereocenters. The maximum atomic E-state index is 12.5. The van der Waals surface area contributed by atoms with Gasteiger partial charge in [0.05, 0.1) is 26.4 Å². The van der Waals surface area contributed by atoms with Crippen LogP contribution in [0.25, 0.3) is 0 Å². The largest absolute Gasteiger partial charge is 0.494 e. The van der Waals surface area contributed by atoms with E-state index in [9.17, 15) is 4.79 Å². The van der Waals surface area contributed by atoms with Crippen molar-refractivity contribution in [2.75, 3.05) is 24.8 Å². The Morgan fingerprint density at radius 1 is 0.732 bits per heavy atom. The summed E-state index contributed by atoms with van der Waals surface area (Å²) in [5.41, 5.74) is 4.20. The van der Waals surface area contributed by atoms with E-state index in [1.165, 1.54) is 6.92 Å². The van der Waals surface area contributed by atoms with E-state index in [1.54, 1.807) is 7.11 Å². The molecule has 0 bridgehead atoms. The maximum absolute atomic E-state index is 12.5. The zero-order valence-electron chi connectivity index (χ0n) is 31.9. The van der Waals surface area contributed by atoms with E-state index in [0.29, 0.717) is 28.0 Å². The first kappa shape index (κ1) is 41.8. The number of methoxy groups -OCH3 is 1. The summed E-state index contributed by atoms with van der Waals surface area (Å²) in [5.74, 6) is -1.24. The lowest BCUT2D eigenvalue weighted by Gasteiger charge is -2.56. The number of benzene rings is 5. The minimum Gasteiger partial charge on any atom is -0.494 e. The lowest BCUT2D eigenvalue weighted by atomic mass is 9.81. The van der Waals surface area contributed by atoms with Crippen molar-refractivity contribution >= 4 is 40.2 Å². The Hall–Kier alpha value is -3.81. The van der Waals surface area contributed by atoms with E-state index >= 15 is 0 Å². The van der Waals surface area contributed by atoms with Crippen LogP contribution in [0.1, 0.15) is 47.2 Å². The van der Waals surface area contributed by atoms with E-state index in [2.05, 4.69) is 22.6 Å². The summed E-state index contributed by atoms with van der Waals surface area (Å²) >= 11 is 9.20. The second-order valence-electron chi connectivity index (χ2n) is 13.7. The quantitative estimate of drug-likeness (QED) is 0.0489. The van der Waals surface area contributed by atoms with Gasteiger partial charge in [-0.15, -0.1) is 0 Å². The van der Waals surface area contributed by atoms with Crippen LogP contribution in [-0.2, 0) is 65.2 Å². The number of ether oxygens (including phenoxy) is 7. The van der Waals surface area contributed by atoms with Gasteiger partial charge in [-0.3, -0.25) is 4.79 Å². The number of esters is 1. The van der Waals surface area contributed by atoms with E-state index < -0.39 is 35.7 Å². The molecule has 0 radical (unpaired) electrons. The molecule has 0 saturated carbocycles. The molecule has 0 amide bonds. The lowest BCUT2D eigenvalue weighted by Crippen LogP contribution is -2.72. The van der Waals surface area contributed by atoms with E-state index in [1.807, 2.05) is 140 Å². The van der Waals surface area contributed by atoms with Crippen molar-refractivity contribution in [3.05, 3.63) is 172 Å². The molecule has 1 heterocycles. The molecule has 1 saturated heterocycles. The Kier molecular flexibility index (Phi) is 15.0. The van der Waals surface area contributed by atoms with Crippen LogP contribution in [0.3, 0.4) is 0 Å². The normalized spacial score (nSPS) is 22.1. The average Bonchev–Trinajstić information content (AvgIpc) is 3.23. The lowest BCUT2D eigenvalue weighted by molar-refractivity contribution is -0.408. The SMILES string of the molecule is CCOc1ccc(Cc2cc([C@]3(OC)O[C@](CI)(COC(C)=O)[C@@H](OCc4ccccc4)[C@H](OCc4ccccc4)[C@H]3OCc3ccccc3)ccc2Cl)cc1. The summed E-state index contributed by atoms with van der Waals surface area (Å²) in [6, 6.07) is 43.5. The van der Waals surface area contributed by atoms with Crippen molar-refractivity contribution in [1.29, 1.82) is 0 Å². The van der Waals surface area contributed by atoms with Crippen LogP contribution in [0.4, 0.5) is 0 Å². The zero-order valence-corrected chi connectivity index (χ0v) is 34.8. The van der Waals surface area contributed by atoms with Crippen LogP contribution in [-0.4, -0.2) is 54.6 Å². The number of hydrogen-bond acceptors (Lipinski definition) is 8. The molecule has 0 N–H and O–H groups in total. The number of alkyl halides is 1. The third-order valence-electron chi connectivity index (χ3n) is 9.80. The monoisotopic (exact) mass is 890 g/mol. The van der Waals surface area contributed by atoms with Crippen molar-refractivity contribution < 1.29 is 38.0 Å². The Labute approximate surface area is 348 Å². The third kappa shape index (κ3) is 10.2. The van der Waals surface area contributed by atoms with E-state index in [0.717, 1.165) is 33.6 Å². The van der Waals surface area contributed by atoms with Gasteiger partial charge < -0.3 is 33.2 Å². The maximum Gasteiger partial charge on any atom is 0.302 e. The summed E-state index contributed by atoms with van der Waals surface area (Å²) in [6.45, 7) is 4.53. The molecule has 56 heavy (non-hydrogen) atoms. The van der Waals surface area contributed by atoms with Gasteiger partial charge in [0.15, 0.2) is 0 Å². The molecule has 0 spiro atoms. The molecular formula is C46H48ClIO8. The fourth-order valence-electron chi connectivity index (χ4n) is 7.00. The predicted octanol–water partition coefficient (Wildman–Crippen LogP) is 9.65. The van der Waals surface area contributed by atoms with Crippen LogP contribution in [0.2, 0.25) is 5.02 Å². The summed E-state index contributed by atoms with van der Waals surface area (Å²) in [5, 5.41) is 0.590. The molecule has 0 aliphatic carbocycles. The fraction of sp³-hybridized carbons (Fsp3) is 0.326. The highest BCUT2D eigenvalue weighted by molar-refractivity contribution is 14.1. The molecule has 1 aliphatic heterocycles. The Balaban J connectivity index is 1.49. The van der Waals surface area contributed by atoms with Crippen LogP contribution >= 0.6 is 34.2 Å². The first-order valence-electron chi connectivity index (χ1n) is 18.7. The zero-order chi connectivity index (χ0) is 39.4. The first-order chi connectivity index (χ1) is 27.3. The molecule has 0 unspecified atom stereocenters. The number of carbonyl (C=O) groups excluding carboxylic acids is 1. The van der Waals surface area contributed by atoms with Crippen molar-refractivity contribution in [2.24, 2.45) is 0 Å². The fourth-order valence-corrected chi connectivity index (χ4v) is 7.99. The molecule has 294 valence electrons. The number of carbonyl (C=O) groups is 1. The molecule has 6 rings (SSSR count). The molecular weight excluding hydrogens is 843 g/mol. The minimum absolute atomic E-state index is 0.126. The van der Waals surface area contributed by atoms with Gasteiger partial charge in [-0.25, -0.2) is 0 Å². The number of rotatable bonds is 18. The van der Waals surface area contributed by atoms with E-state index in [4.69, 9.17) is 44.8 Å². The highest BCUT2D eigenvalue weighted by Gasteiger charge is 2.64. The smallest absolute Gasteiger partial charge is 0.302 e. The second kappa shape index (κ2) is 20.1. The van der Waals surface area contributed by atoms with Gasteiger partial charge in [0, 0.05) is 29.0 Å². The molecule has 5 aromatic carbocycles. The number of halogens is 2. The molecule has 1 fully saturated rings. The topological polar surface area (TPSA) is 81.7 Å². The van der Waals surface area contributed by atoms with Crippen molar-refractivity contribution in [2.45, 2.75) is 69.8 Å². The van der Waals surface area contributed by atoms with Gasteiger partial charge >= 0.3 is 5.97 Å². The van der Waals surface area contributed by atoms with Crippen LogP contribution in [0, 0.1) is 0 Å². The standard InChI is InChI=1S/C46H48ClIO8/c1-4-51-40-23-20-34(21-24-40)26-38-27-39(22-25-41(38)47)46(50-3)44(54-30-37-18-12-7-13-19-37)42(52-28-35-14-8-5-9-15-35)43(53-29-36-16-10-6-11-17-36)45(31-48,56-46)32-55-33(2)49/h5-25,27,42-44H,4,26,28-32H2,1-3H3/t42-,43-,44+,45+,46-/m0/s1. The van der Waals surface area contributed by atoms with Gasteiger partial charge in [-0.1, -0.05) is 143 Å². The van der Waals surface area contributed by atoms with Crippen LogP contribution < -0.4 is 4.74 Å². The summed E-state index contributed by atoms with van der Waals surface area (Å²) in [6.07, 6.45) is -1.95. The molecule has 0 aromatic heterocycles. The Morgan fingerprint density at radius 3 is 1.80 bits per heavy atom. The summed E-state index contributed by atoms with van der Waals surface area (Å²) < 4.78 is 46.7. The van der Waals surface area contributed by atoms with Crippen LogP contribution in [0.15, 0.2) is 133 Å². The molecule has 10 heteroatoms. The van der Waals surface area contributed by atoms with Crippen molar-refractivity contribution in [3.63, 3.8) is 0 Å². The predicted molar refractivity (Wildman–Crippen MR) is 225 cm³/mol. The van der Waals surface area contributed by atoms with Gasteiger partial charge in [-0.05, 0) is 65.4 Å². The average molecular weight is 891 g/mol. The second-order valence-corrected chi connectivity index (χ2v) is 14.9. The minimum atomic E-state index is -1.59. The highest BCUT2D eigenvalue weighted by Crippen LogP contribution is 2.49.